The van der Waals surface area contributed by atoms with Gasteiger partial charge in [-0.1, -0.05) is 12.1 Å². The molecule has 10 heteroatoms. The van der Waals surface area contributed by atoms with Crippen LogP contribution in [0.25, 0.3) is 33.5 Å². The van der Waals surface area contributed by atoms with Crippen molar-refractivity contribution >= 4 is 33.8 Å². The molecule has 1 atom stereocenters. The van der Waals surface area contributed by atoms with Crippen molar-refractivity contribution in [2.24, 2.45) is 0 Å². The predicted octanol–water partition coefficient (Wildman–Crippen LogP) is 2.25. The molecule has 182 valence electrons. The molecule has 1 aromatic carbocycles. The zero-order valence-corrected chi connectivity index (χ0v) is 19.9. The van der Waals surface area contributed by atoms with E-state index in [0.29, 0.717) is 19.3 Å². The Labute approximate surface area is 203 Å². The van der Waals surface area contributed by atoms with Gasteiger partial charge in [-0.25, -0.2) is 4.98 Å². The molecule has 0 amide bonds. The highest BCUT2D eigenvalue weighted by Crippen LogP contribution is 2.33. The molecule has 2 N–H and O–H groups in total. The molecule has 0 saturated carbocycles. The molecule has 0 spiro atoms. The van der Waals surface area contributed by atoms with Crippen LogP contribution in [-0.2, 0) is 9.47 Å². The van der Waals surface area contributed by atoms with Crippen LogP contribution >= 0.6 is 0 Å². The van der Waals surface area contributed by atoms with E-state index in [0.717, 1.165) is 91.2 Å². The average Bonchev–Trinajstić information content (AvgIpc) is 3.50. The van der Waals surface area contributed by atoms with Gasteiger partial charge in [-0.2, -0.15) is 9.97 Å². The van der Waals surface area contributed by atoms with Gasteiger partial charge in [0.15, 0.2) is 17.0 Å². The molecule has 6 heterocycles. The second kappa shape index (κ2) is 8.47. The summed E-state index contributed by atoms with van der Waals surface area (Å²) in [5, 5.41) is 1.14. The highest BCUT2D eigenvalue weighted by Gasteiger charge is 2.31. The fraction of sp³-hybridized carbons (Fsp3) is 0.480. The van der Waals surface area contributed by atoms with Crippen molar-refractivity contribution in [3.05, 3.63) is 30.5 Å². The quantitative estimate of drug-likeness (QED) is 0.465. The van der Waals surface area contributed by atoms with E-state index in [1.807, 2.05) is 6.20 Å². The largest absolute Gasteiger partial charge is 0.378 e. The lowest BCUT2D eigenvalue weighted by atomic mass is 10.1. The van der Waals surface area contributed by atoms with Crippen LogP contribution in [0.4, 0.5) is 11.8 Å². The van der Waals surface area contributed by atoms with Crippen molar-refractivity contribution in [2.75, 3.05) is 69.0 Å². The maximum Gasteiger partial charge on any atom is 0.229 e. The van der Waals surface area contributed by atoms with Gasteiger partial charge in [-0.05, 0) is 19.1 Å². The van der Waals surface area contributed by atoms with Crippen molar-refractivity contribution in [3.63, 3.8) is 0 Å². The Hall–Kier alpha value is -3.21. The first-order valence-electron chi connectivity index (χ1n) is 12.5. The third-order valence-corrected chi connectivity index (χ3v) is 7.54. The summed E-state index contributed by atoms with van der Waals surface area (Å²) in [7, 11) is 0. The van der Waals surface area contributed by atoms with Crippen LogP contribution in [-0.4, -0.2) is 101 Å². The third kappa shape index (κ3) is 3.64. The van der Waals surface area contributed by atoms with E-state index in [2.05, 4.69) is 55.9 Å². The number of imidazole rings is 1. The fourth-order valence-electron chi connectivity index (χ4n) is 5.40. The van der Waals surface area contributed by atoms with Gasteiger partial charge in [-0.3, -0.25) is 4.90 Å². The summed E-state index contributed by atoms with van der Waals surface area (Å²) >= 11 is 0. The molecule has 0 aliphatic carbocycles. The van der Waals surface area contributed by atoms with Gasteiger partial charge in [0.1, 0.15) is 5.82 Å². The molecule has 3 saturated heterocycles. The first-order chi connectivity index (χ1) is 17.2. The van der Waals surface area contributed by atoms with Crippen LogP contribution in [0.1, 0.15) is 6.92 Å². The van der Waals surface area contributed by atoms with Crippen LogP contribution in [0.5, 0.6) is 0 Å². The van der Waals surface area contributed by atoms with Crippen molar-refractivity contribution in [2.45, 2.75) is 19.0 Å². The minimum absolute atomic E-state index is 0.221. The summed E-state index contributed by atoms with van der Waals surface area (Å²) in [5.74, 6) is 2.47. The van der Waals surface area contributed by atoms with Crippen molar-refractivity contribution in [1.82, 2.24) is 29.8 Å². The topological polar surface area (TPSA) is 98.4 Å². The smallest absolute Gasteiger partial charge is 0.229 e. The van der Waals surface area contributed by atoms with E-state index < -0.39 is 0 Å². The number of fused-ring (bicyclic) bond motifs is 2. The average molecular weight is 475 g/mol. The fourth-order valence-corrected chi connectivity index (χ4v) is 5.40. The van der Waals surface area contributed by atoms with Gasteiger partial charge in [0.2, 0.25) is 5.95 Å². The van der Waals surface area contributed by atoms with Crippen molar-refractivity contribution in [1.29, 1.82) is 0 Å². The Morgan fingerprint density at radius 2 is 1.83 bits per heavy atom. The number of nitrogens with zero attached hydrogens (tertiary/aromatic N) is 6. The van der Waals surface area contributed by atoms with Gasteiger partial charge in [-0.15, -0.1) is 0 Å². The standard InChI is InChI=1S/C25H30N8O2/c1-16-13-34-12-11-33(16)24-21-23(28-22(27-21)19-3-2-4-20-18(19)5-6-26-20)29-25(30-24)32-9-7-31(8-10-32)17-14-35-15-17/h2-6,16-17,26H,7-15H2,1H3,(H,27,28,29,30). The molecular formula is C25H30N8O2. The lowest BCUT2D eigenvalue weighted by Gasteiger charge is -2.42. The molecule has 1 unspecified atom stereocenters. The van der Waals surface area contributed by atoms with Gasteiger partial charge in [0.05, 0.1) is 38.5 Å². The first kappa shape index (κ1) is 21.1. The lowest BCUT2D eigenvalue weighted by Crippen LogP contribution is -2.56. The van der Waals surface area contributed by atoms with E-state index in [4.69, 9.17) is 24.4 Å². The van der Waals surface area contributed by atoms with E-state index in [1.54, 1.807) is 0 Å². The molecule has 10 nitrogen and oxygen atoms in total. The minimum Gasteiger partial charge on any atom is -0.378 e. The highest BCUT2D eigenvalue weighted by molar-refractivity contribution is 5.96. The molecule has 3 aromatic heterocycles. The number of hydrogen-bond donors (Lipinski definition) is 2. The number of hydrogen-bond acceptors (Lipinski definition) is 8. The number of morpholine rings is 1. The Kier molecular flexibility index (Phi) is 5.11. The number of anilines is 2. The van der Waals surface area contributed by atoms with Crippen LogP contribution in [0, 0.1) is 0 Å². The number of H-pyrrole nitrogens is 2. The second-order valence-electron chi connectivity index (χ2n) is 9.71. The molecule has 0 bridgehead atoms. The van der Waals surface area contributed by atoms with Crippen LogP contribution < -0.4 is 9.80 Å². The van der Waals surface area contributed by atoms with Crippen molar-refractivity contribution in [3.8, 4) is 11.4 Å². The number of rotatable bonds is 4. The SMILES string of the molecule is CC1COCCN1c1nc(N2CCN(C3COC3)CC2)nc2[nH]c(-c3cccc4[nH]ccc34)nc12. The molecular weight excluding hydrogens is 444 g/mol. The van der Waals surface area contributed by atoms with Crippen LogP contribution in [0.2, 0.25) is 0 Å². The normalized spacial score (nSPS) is 22.3. The molecule has 3 aliphatic rings. The van der Waals surface area contributed by atoms with E-state index in [1.165, 1.54) is 0 Å². The number of benzene rings is 1. The van der Waals surface area contributed by atoms with Gasteiger partial charge in [0.25, 0.3) is 0 Å². The summed E-state index contributed by atoms with van der Waals surface area (Å²) < 4.78 is 11.1. The Bertz CT molecular complexity index is 1350. The molecule has 35 heavy (non-hydrogen) atoms. The summed E-state index contributed by atoms with van der Waals surface area (Å²) in [6, 6.07) is 9.11. The molecule has 0 radical (unpaired) electrons. The predicted molar refractivity (Wildman–Crippen MR) is 135 cm³/mol. The number of aromatic nitrogens is 5. The maximum absolute atomic E-state index is 5.71. The van der Waals surface area contributed by atoms with E-state index >= 15 is 0 Å². The first-order valence-corrected chi connectivity index (χ1v) is 12.5. The third-order valence-electron chi connectivity index (χ3n) is 7.54. The number of ether oxygens (including phenoxy) is 2. The number of aromatic amines is 2. The lowest BCUT2D eigenvalue weighted by molar-refractivity contribution is -0.0661. The summed E-state index contributed by atoms with van der Waals surface area (Å²) in [5.41, 5.74) is 3.74. The molecule has 4 aromatic rings. The Balaban J connectivity index is 1.29. The molecule has 3 fully saturated rings. The zero-order valence-electron chi connectivity index (χ0n) is 19.9. The summed E-state index contributed by atoms with van der Waals surface area (Å²) in [6.07, 6.45) is 1.96. The summed E-state index contributed by atoms with van der Waals surface area (Å²) in [4.78, 5) is 29.1. The monoisotopic (exact) mass is 474 g/mol. The van der Waals surface area contributed by atoms with Gasteiger partial charge in [0, 0.05) is 55.4 Å². The molecule has 3 aliphatic heterocycles. The second-order valence-corrected chi connectivity index (χ2v) is 9.71. The van der Waals surface area contributed by atoms with E-state index in [-0.39, 0.29) is 6.04 Å². The van der Waals surface area contributed by atoms with Crippen molar-refractivity contribution < 1.29 is 9.47 Å². The maximum atomic E-state index is 5.71. The Morgan fingerprint density at radius 1 is 0.943 bits per heavy atom. The van der Waals surface area contributed by atoms with E-state index in [9.17, 15) is 0 Å². The molecule has 7 rings (SSSR count). The highest BCUT2D eigenvalue weighted by atomic mass is 16.5. The van der Waals surface area contributed by atoms with Crippen LogP contribution in [0.15, 0.2) is 30.5 Å². The van der Waals surface area contributed by atoms with Gasteiger partial charge < -0.3 is 29.2 Å². The summed E-state index contributed by atoms with van der Waals surface area (Å²) in [6.45, 7) is 9.87. The number of nitrogens with one attached hydrogen (secondary N) is 2. The number of piperazine rings is 1. The minimum atomic E-state index is 0.221. The zero-order chi connectivity index (χ0) is 23.4. The van der Waals surface area contributed by atoms with Gasteiger partial charge >= 0.3 is 0 Å². The Morgan fingerprint density at radius 3 is 2.63 bits per heavy atom. The van der Waals surface area contributed by atoms with Crippen LogP contribution in [0.3, 0.4) is 0 Å².